The Morgan fingerprint density at radius 2 is 2.22 bits per heavy atom. The molecule has 1 amide bonds. The van der Waals surface area contributed by atoms with Crippen LogP contribution in [-0.2, 0) is 18.4 Å². The molecule has 4 nitrogen and oxygen atoms in total. The maximum Gasteiger partial charge on any atom is 0.225 e. The average Bonchev–Trinajstić information content (AvgIpc) is 2.62. The number of carbonyl (C=O) groups excluding carboxylic acids is 1. The Morgan fingerprint density at radius 3 is 2.94 bits per heavy atom. The molecule has 2 N–H and O–H groups in total. The molecule has 0 saturated carbocycles. The summed E-state index contributed by atoms with van der Waals surface area (Å²) in [6, 6.07) is 8.26. The normalized spacial score (nSPS) is 15.6. The van der Waals surface area contributed by atoms with Crippen molar-refractivity contribution < 1.29 is 4.79 Å². The molecule has 3 rings (SSSR count). The fraction of sp³-hybridized carbons (Fsp3) is 0.357. The number of hydrogen-bond donors (Lipinski definition) is 2. The topological polar surface area (TPSA) is 46.1 Å². The Morgan fingerprint density at radius 1 is 1.44 bits per heavy atom. The molecule has 1 fully saturated rings. The zero-order chi connectivity index (χ0) is 12.5. The van der Waals surface area contributed by atoms with Gasteiger partial charge in [0.05, 0.1) is 5.92 Å². The predicted molar refractivity (Wildman–Crippen MR) is 71.1 cm³/mol. The summed E-state index contributed by atoms with van der Waals surface area (Å²) in [5, 5.41) is 7.34. The van der Waals surface area contributed by atoms with E-state index in [4.69, 9.17) is 0 Å². The van der Waals surface area contributed by atoms with Crippen LogP contribution in [0.25, 0.3) is 10.9 Å². The van der Waals surface area contributed by atoms with Gasteiger partial charge >= 0.3 is 0 Å². The molecule has 1 aliphatic heterocycles. The van der Waals surface area contributed by atoms with Crippen molar-refractivity contribution in [3.63, 3.8) is 0 Å². The predicted octanol–water partition coefficient (Wildman–Crippen LogP) is 1.01. The molecule has 0 aliphatic carbocycles. The first-order valence-corrected chi connectivity index (χ1v) is 6.27. The van der Waals surface area contributed by atoms with Crippen LogP contribution in [0.5, 0.6) is 0 Å². The van der Waals surface area contributed by atoms with E-state index in [-0.39, 0.29) is 11.8 Å². The van der Waals surface area contributed by atoms with E-state index < -0.39 is 0 Å². The van der Waals surface area contributed by atoms with E-state index in [1.807, 2.05) is 19.2 Å². The number of fused-ring (bicyclic) bond motifs is 1. The van der Waals surface area contributed by atoms with Crippen LogP contribution in [0.4, 0.5) is 0 Å². The molecule has 4 heteroatoms. The summed E-state index contributed by atoms with van der Waals surface area (Å²) in [6.45, 7) is 2.22. The first-order valence-electron chi connectivity index (χ1n) is 6.27. The Labute approximate surface area is 106 Å². The van der Waals surface area contributed by atoms with E-state index in [1.54, 1.807) is 0 Å². The minimum Gasteiger partial charge on any atom is -0.352 e. The highest BCUT2D eigenvalue weighted by Gasteiger charge is 2.24. The quantitative estimate of drug-likeness (QED) is 0.845. The average molecular weight is 243 g/mol. The molecule has 0 radical (unpaired) electrons. The second-order valence-electron chi connectivity index (χ2n) is 4.86. The van der Waals surface area contributed by atoms with Crippen LogP contribution in [-0.4, -0.2) is 23.6 Å². The van der Waals surface area contributed by atoms with Gasteiger partial charge in [-0.15, -0.1) is 0 Å². The molecular formula is C14H17N3O. The number of aryl methyl sites for hydroxylation is 1. The van der Waals surface area contributed by atoms with E-state index in [2.05, 4.69) is 33.5 Å². The smallest absolute Gasteiger partial charge is 0.225 e. The number of aromatic nitrogens is 1. The van der Waals surface area contributed by atoms with Crippen LogP contribution in [0.15, 0.2) is 30.5 Å². The Kier molecular flexibility index (Phi) is 2.80. The van der Waals surface area contributed by atoms with Gasteiger partial charge in [0.2, 0.25) is 5.91 Å². The zero-order valence-corrected chi connectivity index (χ0v) is 10.4. The van der Waals surface area contributed by atoms with Crippen molar-refractivity contribution in [1.82, 2.24) is 15.2 Å². The Balaban J connectivity index is 1.76. The molecule has 2 aromatic rings. The molecular weight excluding hydrogens is 226 g/mol. The van der Waals surface area contributed by atoms with Gasteiger partial charge in [-0.3, -0.25) is 4.79 Å². The number of nitrogens with one attached hydrogen (secondary N) is 2. The summed E-state index contributed by atoms with van der Waals surface area (Å²) in [6.07, 6.45) is 2.09. The van der Waals surface area contributed by atoms with Crippen LogP contribution >= 0.6 is 0 Å². The molecule has 1 aliphatic rings. The largest absolute Gasteiger partial charge is 0.352 e. The van der Waals surface area contributed by atoms with Gasteiger partial charge in [-0.25, -0.2) is 0 Å². The summed E-state index contributed by atoms with van der Waals surface area (Å²) in [7, 11) is 2.03. The first-order chi connectivity index (χ1) is 8.75. The van der Waals surface area contributed by atoms with Crippen molar-refractivity contribution in [3.8, 4) is 0 Å². The van der Waals surface area contributed by atoms with Gasteiger partial charge in [0.25, 0.3) is 0 Å². The minimum atomic E-state index is 0.153. The van der Waals surface area contributed by atoms with E-state index >= 15 is 0 Å². The van der Waals surface area contributed by atoms with Crippen molar-refractivity contribution in [3.05, 3.63) is 36.0 Å². The van der Waals surface area contributed by atoms with Gasteiger partial charge in [-0.2, -0.15) is 0 Å². The van der Waals surface area contributed by atoms with Crippen molar-refractivity contribution in [2.24, 2.45) is 13.0 Å². The van der Waals surface area contributed by atoms with Gasteiger partial charge in [-0.1, -0.05) is 18.2 Å². The molecule has 0 bridgehead atoms. The molecule has 0 atom stereocenters. The lowest BCUT2D eigenvalue weighted by atomic mass is 10.0. The SMILES string of the molecule is Cn1cc(CNC(=O)C2CNC2)c2ccccc21. The van der Waals surface area contributed by atoms with Gasteiger partial charge in [0.15, 0.2) is 0 Å². The van der Waals surface area contributed by atoms with Crippen molar-refractivity contribution in [2.75, 3.05) is 13.1 Å². The maximum atomic E-state index is 11.8. The lowest BCUT2D eigenvalue weighted by Crippen LogP contribution is -2.50. The third-order valence-corrected chi connectivity index (χ3v) is 3.58. The summed E-state index contributed by atoms with van der Waals surface area (Å²) >= 11 is 0. The maximum absolute atomic E-state index is 11.8. The van der Waals surface area contributed by atoms with Crippen molar-refractivity contribution >= 4 is 16.8 Å². The van der Waals surface area contributed by atoms with Crippen LogP contribution < -0.4 is 10.6 Å². The lowest BCUT2D eigenvalue weighted by molar-refractivity contribution is -0.126. The molecule has 94 valence electrons. The van der Waals surface area contributed by atoms with E-state index in [0.717, 1.165) is 13.1 Å². The first kappa shape index (κ1) is 11.3. The highest BCUT2D eigenvalue weighted by molar-refractivity contribution is 5.85. The third kappa shape index (κ3) is 1.88. The van der Waals surface area contributed by atoms with E-state index in [1.165, 1.54) is 16.5 Å². The number of amides is 1. The highest BCUT2D eigenvalue weighted by atomic mass is 16.2. The van der Waals surface area contributed by atoms with E-state index in [0.29, 0.717) is 6.54 Å². The molecule has 2 heterocycles. The van der Waals surface area contributed by atoms with Gasteiger partial charge in [-0.05, 0) is 11.6 Å². The van der Waals surface area contributed by atoms with Crippen LogP contribution in [0.1, 0.15) is 5.56 Å². The van der Waals surface area contributed by atoms with Gasteiger partial charge in [0.1, 0.15) is 0 Å². The third-order valence-electron chi connectivity index (χ3n) is 3.58. The molecule has 1 aromatic heterocycles. The zero-order valence-electron chi connectivity index (χ0n) is 10.4. The lowest BCUT2D eigenvalue weighted by Gasteiger charge is -2.25. The number of nitrogens with zero attached hydrogens (tertiary/aromatic N) is 1. The van der Waals surface area contributed by atoms with E-state index in [9.17, 15) is 4.79 Å². The fourth-order valence-electron chi connectivity index (χ4n) is 2.37. The monoisotopic (exact) mass is 243 g/mol. The van der Waals surface area contributed by atoms with Gasteiger partial charge < -0.3 is 15.2 Å². The second kappa shape index (κ2) is 4.46. The van der Waals surface area contributed by atoms with Crippen LogP contribution in [0.2, 0.25) is 0 Å². The summed E-state index contributed by atoms with van der Waals surface area (Å²) < 4.78 is 2.10. The summed E-state index contributed by atoms with van der Waals surface area (Å²) in [4.78, 5) is 11.8. The Bertz CT molecular complexity index is 584. The number of carbonyl (C=O) groups is 1. The van der Waals surface area contributed by atoms with Crippen molar-refractivity contribution in [1.29, 1.82) is 0 Å². The van der Waals surface area contributed by atoms with Crippen molar-refractivity contribution in [2.45, 2.75) is 6.54 Å². The molecule has 1 saturated heterocycles. The minimum absolute atomic E-state index is 0.153. The fourth-order valence-corrected chi connectivity index (χ4v) is 2.37. The number of hydrogen-bond acceptors (Lipinski definition) is 2. The molecule has 18 heavy (non-hydrogen) atoms. The summed E-state index contributed by atoms with van der Waals surface area (Å²) in [5.74, 6) is 0.307. The van der Waals surface area contributed by atoms with Crippen LogP contribution in [0, 0.1) is 5.92 Å². The molecule has 1 aromatic carbocycles. The number of para-hydroxylation sites is 1. The van der Waals surface area contributed by atoms with Gasteiger partial charge in [0, 0.05) is 43.8 Å². The Hall–Kier alpha value is -1.81. The number of benzene rings is 1. The number of rotatable bonds is 3. The standard InChI is InChI=1S/C14H17N3O/c1-17-9-11(12-4-2-3-5-13(12)17)8-16-14(18)10-6-15-7-10/h2-5,9-10,15H,6-8H2,1H3,(H,16,18). The second-order valence-corrected chi connectivity index (χ2v) is 4.86. The van der Waals surface area contributed by atoms with Crippen LogP contribution in [0.3, 0.4) is 0 Å². The summed E-state index contributed by atoms with van der Waals surface area (Å²) in [5.41, 5.74) is 2.38. The highest BCUT2D eigenvalue weighted by Crippen LogP contribution is 2.20. The molecule has 0 spiro atoms. The molecule has 0 unspecified atom stereocenters.